The Morgan fingerprint density at radius 2 is 1.43 bits per heavy atom. The van der Waals surface area contributed by atoms with Crippen molar-refractivity contribution in [1.29, 1.82) is 0 Å². The maximum absolute atomic E-state index is 12.7. The number of hydrogen-bond acceptors (Lipinski definition) is 3. The number of carbonyl (C=O) groups is 2. The van der Waals surface area contributed by atoms with E-state index in [4.69, 9.17) is 9.84 Å². The molecule has 0 spiro atoms. The first-order valence-corrected chi connectivity index (χ1v) is 11.6. The summed E-state index contributed by atoms with van der Waals surface area (Å²) < 4.78 is 6.01. The van der Waals surface area contributed by atoms with Crippen LogP contribution in [0.3, 0.4) is 0 Å². The van der Waals surface area contributed by atoms with Gasteiger partial charge in [-0.05, 0) is 106 Å². The number of rotatable bonds is 5. The second kappa shape index (κ2) is 8.12. The van der Waals surface area contributed by atoms with E-state index in [1.165, 1.54) is 32.1 Å². The number of nitrogens with one attached hydrogen (secondary N) is 2. The molecule has 6 nitrogen and oxygen atoms in total. The van der Waals surface area contributed by atoms with Crippen LogP contribution in [0.25, 0.3) is 0 Å². The Bertz CT molecular complexity index is 757. The molecule has 0 atom stereocenters. The van der Waals surface area contributed by atoms with Gasteiger partial charge in [0.2, 0.25) is 0 Å². The van der Waals surface area contributed by atoms with E-state index < -0.39 is 5.97 Å². The van der Waals surface area contributed by atoms with Crippen LogP contribution in [0.5, 0.6) is 5.75 Å². The van der Waals surface area contributed by atoms with Crippen molar-refractivity contribution in [1.82, 2.24) is 10.6 Å². The lowest BCUT2D eigenvalue weighted by atomic mass is 9.54. The highest BCUT2D eigenvalue weighted by Gasteiger charge is 2.48. The summed E-state index contributed by atoms with van der Waals surface area (Å²) in [5.41, 5.74) is 0.264. The monoisotopic (exact) mass is 412 g/mol. The fourth-order valence-electron chi connectivity index (χ4n) is 6.73. The number of ether oxygens (including phenoxy) is 1. The lowest BCUT2D eigenvalue weighted by Gasteiger charge is -2.54. The topological polar surface area (TPSA) is 87.7 Å². The minimum atomic E-state index is -0.930. The van der Waals surface area contributed by atoms with E-state index in [0.717, 1.165) is 37.5 Å². The predicted molar refractivity (Wildman–Crippen MR) is 113 cm³/mol. The molecule has 6 rings (SSSR count). The van der Waals surface area contributed by atoms with Crippen molar-refractivity contribution in [2.45, 2.75) is 76.0 Å². The molecule has 1 aromatic rings. The predicted octanol–water partition coefficient (Wildman–Crippen LogP) is 4.20. The molecular formula is C24H32N2O4. The molecule has 0 aromatic heterocycles. The first kappa shape index (κ1) is 19.7. The van der Waals surface area contributed by atoms with Gasteiger partial charge in [-0.25, -0.2) is 9.59 Å². The molecule has 5 saturated carbocycles. The molecule has 4 bridgehead atoms. The van der Waals surface area contributed by atoms with Crippen molar-refractivity contribution >= 4 is 12.0 Å². The van der Waals surface area contributed by atoms with E-state index in [-0.39, 0.29) is 23.7 Å². The maximum atomic E-state index is 12.7. The molecule has 5 aliphatic carbocycles. The smallest absolute Gasteiger partial charge is 0.335 e. The third-order valence-electron chi connectivity index (χ3n) is 7.94. The van der Waals surface area contributed by atoms with Gasteiger partial charge in [0, 0.05) is 12.1 Å². The average molecular weight is 413 g/mol. The zero-order valence-electron chi connectivity index (χ0n) is 17.4. The third-order valence-corrected chi connectivity index (χ3v) is 7.94. The molecule has 2 amide bonds. The Morgan fingerprint density at radius 3 is 2.00 bits per heavy atom. The summed E-state index contributed by atoms with van der Waals surface area (Å²) in [6.45, 7) is 0. The number of hydrogen-bond donors (Lipinski definition) is 3. The van der Waals surface area contributed by atoms with Crippen LogP contribution in [0.15, 0.2) is 24.3 Å². The van der Waals surface area contributed by atoms with E-state index in [1.807, 2.05) is 0 Å². The Labute approximate surface area is 177 Å². The Balaban J connectivity index is 1.06. The summed E-state index contributed by atoms with van der Waals surface area (Å²) in [6.07, 6.45) is 10.4. The van der Waals surface area contributed by atoms with Crippen LogP contribution in [-0.2, 0) is 0 Å². The van der Waals surface area contributed by atoms with Crippen molar-refractivity contribution in [3.63, 3.8) is 0 Å². The van der Waals surface area contributed by atoms with Crippen LogP contribution in [0.4, 0.5) is 4.79 Å². The molecule has 0 radical (unpaired) electrons. The first-order chi connectivity index (χ1) is 14.5. The summed E-state index contributed by atoms with van der Waals surface area (Å²) in [7, 11) is 0. The minimum Gasteiger partial charge on any atom is -0.490 e. The highest BCUT2D eigenvalue weighted by Crippen LogP contribution is 2.53. The van der Waals surface area contributed by atoms with Gasteiger partial charge in [0.25, 0.3) is 0 Å². The van der Waals surface area contributed by atoms with Crippen molar-refractivity contribution in [3.05, 3.63) is 29.8 Å². The van der Waals surface area contributed by atoms with E-state index in [9.17, 15) is 9.59 Å². The van der Waals surface area contributed by atoms with Crippen LogP contribution in [0.2, 0.25) is 0 Å². The number of amides is 2. The van der Waals surface area contributed by atoms with E-state index in [0.29, 0.717) is 23.6 Å². The van der Waals surface area contributed by atoms with Gasteiger partial charge in [0.05, 0.1) is 11.7 Å². The zero-order valence-corrected chi connectivity index (χ0v) is 17.4. The maximum Gasteiger partial charge on any atom is 0.335 e. The van der Waals surface area contributed by atoms with Crippen molar-refractivity contribution in [2.75, 3.05) is 0 Å². The van der Waals surface area contributed by atoms with Gasteiger partial charge in [-0.1, -0.05) is 0 Å². The molecule has 5 aliphatic rings. The summed E-state index contributed by atoms with van der Waals surface area (Å²) in [4.78, 5) is 23.6. The SMILES string of the molecule is O=C(NC1CCC(Oc2ccc(C(=O)O)cc2)CC1)NC1C2CC3CC(C2)CC1C3. The average Bonchev–Trinajstić information content (AvgIpc) is 2.72. The summed E-state index contributed by atoms with van der Waals surface area (Å²) in [5, 5.41) is 15.5. The minimum absolute atomic E-state index is 0.0149. The highest BCUT2D eigenvalue weighted by atomic mass is 16.5. The van der Waals surface area contributed by atoms with Gasteiger partial charge >= 0.3 is 12.0 Å². The van der Waals surface area contributed by atoms with Gasteiger partial charge in [0.15, 0.2) is 0 Å². The Hall–Kier alpha value is -2.24. The van der Waals surface area contributed by atoms with Gasteiger partial charge in [-0.2, -0.15) is 0 Å². The number of urea groups is 1. The standard InChI is InChI=1S/C24H32N2O4/c27-23(28)16-1-5-20(6-2-16)30-21-7-3-19(4-8-21)25-24(29)26-22-17-10-14-9-15(12-17)13-18(22)11-14/h1-2,5-6,14-15,17-19,21-22H,3-4,7-13H2,(H,27,28)(H2,25,26,29). The van der Waals surface area contributed by atoms with Crippen LogP contribution >= 0.6 is 0 Å². The van der Waals surface area contributed by atoms with E-state index >= 15 is 0 Å². The molecule has 30 heavy (non-hydrogen) atoms. The summed E-state index contributed by atoms with van der Waals surface area (Å²) in [5.74, 6) is 3.01. The molecule has 0 heterocycles. The summed E-state index contributed by atoms with van der Waals surface area (Å²) in [6, 6.07) is 7.17. The number of aromatic carboxylic acids is 1. The van der Waals surface area contributed by atoms with Crippen LogP contribution in [-0.4, -0.2) is 35.3 Å². The molecule has 162 valence electrons. The second-order valence-corrected chi connectivity index (χ2v) is 10.00. The number of benzene rings is 1. The normalized spacial score (nSPS) is 36.9. The van der Waals surface area contributed by atoms with Crippen molar-refractivity contribution in [3.8, 4) is 5.75 Å². The lowest BCUT2D eigenvalue weighted by Crippen LogP contribution is -2.58. The molecule has 0 aliphatic heterocycles. The first-order valence-electron chi connectivity index (χ1n) is 11.6. The number of carbonyl (C=O) groups excluding carboxylic acids is 1. The molecular weight excluding hydrogens is 380 g/mol. The molecule has 1 aromatic carbocycles. The van der Waals surface area contributed by atoms with E-state index in [1.54, 1.807) is 24.3 Å². The fraction of sp³-hybridized carbons (Fsp3) is 0.667. The van der Waals surface area contributed by atoms with Crippen molar-refractivity contribution < 1.29 is 19.4 Å². The molecule has 0 saturated heterocycles. The quantitative estimate of drug-likeness (QED) is 0.676. The van der Waals surface area contributed by atoms with Crippen LogP contribution in [0.1, 0.15) is 68.1 Å². The van der Waals surface area contributed by atoms with E-state index in [2.05, 4.69) is 10.6 Å². The largest absolute Gasteiger partial charge is 0.490 e. The van der Waals surface area contributed by atoms with Crippen LogP contribution in [0, 0.1) is 23.7 Å². The van der Waals surface area contributed by atoms with Crippen molar-refractivity contribution in [2.24, 2.45) is 23.7 Å². The Morgan fingerprint density at radius 1 is 0.833 bits per heavy atom. The molecule has 6 heteroatoms. The lowest BCUT2D eigenvalue weighted by molar-refractivity contribution is -0.00961. The summed E-state index contributed by atoms with van der Waals surface area (Å²) >= 11 is 0. The number of carboxylic acids is 1. The number of carboxylic acid groups (broad SMARTS) is 1. The molecule has 0 unspecified atom stereocenters. The Kier molecular flexibility index (Phi) is 5.34. The van der Waals surface area contributed by atoms with Gasteiger partial charge in [-0.15, -0.1) is 0 Å². The molecule has 5 fully saturated rings. The van der Waals surface area contributed by atoms with Gasteiger partial charge in [-0.3, -0.25) is 0 Å². The van der Waals surface area contributed by atoms with Crippen LogP contribution < -0.4 is 15.4 Å². The van der Waals surface area contributed by atoms with Gasteiger partial charge in [0.1, 0.15) is 5.75 Å². The second-order valence-electron chi connectivity index (χ2n) is 10.00. The molecule has 3 N–H and O–H groups in total. The zero-order chi connectivity index (χ0) is 20.7. The third kappa shape index (κ3) is 4.14. The van der Waals surface area contributed by atoms with Gasteiger partial charge < -0.3 is 20.5 Å². The fourth-order valence-corrected chi connectivity index (χ4v) is 6.73. The highest BCUT2D eigenvalue weighted by molar-refractivity contribution is 5.87.